The van der Waals surface area contributed by atoms with Crippen molar-refractivity contribution in [1.29, 1.82) is 0 Å². The minimum Gasteiger partial charge on any atom is -0.333 e. The summed E-state index contributed by atoms with van der Waals surface area (Å²) in [4.78, 5) is 14.2. The average molecular weight is 268 g/mol. The van der Waals surface area contributed by atoms with Gasteiger partial charge in [0.05, 0.1) is 0 Å². The molecule has 0 saturated heterocycles. The molecule has 0 aromatic rings. The number of halogens is 3. The van der Waals surface area contributed by atoms with Crippen LogP contribution in [-0.2, 0) is 4.79 Å². The van der Waals surface area contributed by atoms with Gasteiger partial charge in [0.25, 0.3) is 0 Å². The Balaban J connectivity index is 4.55. The number of amides is 1. The number of likely N-dealkylation sites (N-methyl/N-ethyl adjacent to an activating group) is 1. The second kappa shape index (κ2) is 7.61. The Morgan fingerprint density at radius 3 is 1.94 bits per heavy atom. The Bertz CT molecular complexity index is 250. The lowest BCUT2D eigenvalue weighted by Crippen LogP contribution is -2.46. The van der Waals surface area contributed by atoms with E-state index >= 15 is 0 Å². The van der Waals surface area contributed by atoms with Crippen molar-refractivity contribution in [2.24, 2.45) is 5.92 Å². The molecule has 0 aliphatic heterocycles. The van der Waals surface area contributed by atoms with E-state index in [9.17, 15) is 18.0 Å². The number of carbonyl (C=O) groups is 1. The van der Waals surface area contributed by atoms with Crippen LogP contribution >= 0.6 is 0 Å². The summed E-state index contributed by atoms with van der Waals surface area (Å²) in [6.45, 7) is 9.77. The van der Waals surface area contributed by atoms with Crippen LogP contribution in [0.3, 0.4) is 0 Å². The molecular weight excluding hydrogens is 245 g/mol. The fourth-order valence-electron chi connectivity index (χ4n) is 1.70. The average Bonchev–Trinajstić information content (AvgIpc) is 2.26. The van der Waals surface area contributed by atoms with Gasteiger partial charge in [-0.15, -0.1) is 0 Å². The Labute approximate surface area is 107 Å². The van der Waals surface area contributed by atoms with Crippen LogP contribution < -0.4 is 0 Å². The molecule has 0 spiro atoms. The Morgan fingerprint density at radius 1 is 1.11 bits per heavy atom. The molecule has 6 heteroatoms. The maximum absolute atomic E-state index is 12.4. The zero-order chi connectivity index (χ0) is 14.3. The fraction of sp³-hybridized carbons (Fsp3) is 0.917. The number of hydrogen-bond acceptors (Lipinski definition) is 2. The van der Waals surface area contributed by atoms with Crippen LogP contribution in [-0.4, -0.2) is 54.6 Å². The summed E-state index contributed by atoms with van der Waals surface area (Å²) in [5, 5.41) is 0. The summed E-state index contributed by atoms with van der Waals surface area (Å²) in [6, 6.07) is 0. The van der Waals surface area contributed by atoms with Crippen molar-refractivity contribution in [3.8, 4) is 0 Å². The molecule has 0 radical (unpaired) electrons. The zero-order valence-electron chi connectivity index (χ0n) is 11.5. The Hall–Kier alpha value is -0.780. The third-order valence-corrected chi connectivity index (χ3v) is 2.70. The van der Waals surface area contributed by atoms with Gasteiger partial charge in [0.2, 0.25) is 0 Å². The van der Waals surface area contributed by atoms with Gasteiger partial charge in [-0.1, -0.05) is 27.7 Å². The van der Waals surface area contributed by atoms with Crippen LogP contribution in [0.1, 0.15) is 27.7 Å². The molecule has 0 aromatic heterocycles. The van der Waals surface area contributed by atoms with E-state index in [0.29, 0.717) is 6.54 Å². The van der Waals surface area contributed by atoms with Gasteiger partial charge in [0, 0.05) is 19.6 Å². The third-order valence-electron chi connectivity index (χ3n) is 2.70. The molecular formula is C12H23F3N2O. The first-order chi connectivity index (χ1) is 8.22. The second-order valence-electron chi connectivity index (χ2n) is 4.67. The van der Waals surface area contributed by atoms with E-state index in [1.165, 1.54) is 0 Å². The molecule has 0 aliphatic rings. The lowest BCUT2D eigenvalue weighted by Gasteiger charge is -2.28. The van der Waals surface area contributed by atoms with E-state index in [4.69, 9.17) is 0 Å². The minimum absolute atomic E-state index is 0.0213. The van der Waals surface area contributed by atoms with Gasteiger partial charge < -0.3 is 9.80 Å². The minimum atomic E-state index is -4.78. The molecule has 3 nitrogen and oxygen atoms in total. The first-order valence-electron chi connectivity index (χ1n) is 6.30. The predicted octanol–water partition coefficient (Wildman–Crippen LogP) is 2.38. The van der Waals surface area contributed by atoms with Crippen LogP contribution in [0.15, 0.2) is 0 Å². The van der Waals surface area contributed by atoms with Gasteiger partial charge in [-0.25, -0.2) is 0 Å². The highest BCUT2D eigenvalue weighted by Gasteiger charge is 2.42. The van der Waals surface area contributed by atoms with Gasteiger partial charge in [0.1, 0.15) is 0 Å². The van der Waals surface area contributed by atoms with Crippen molar-refractivity contribution >= 4 is 5.91 Å². The van der Waals surface area contributed by atoms with Crippen molar-refractivity contribution in [3.05, 3.63) is 0 Å². The van der Waals surface area contributed by atoms with Gasteiger partial charge in [0.15, 0.2) is 0 Å². The molecule has 0 unspecified atom stereocenters. The maximum atomic E-state index is 12.4. The molecule has 0 atom stereocenters. The van der Waals surface area contributed by atoms with Gasteiger partial charge in [-0.2, -0.15) is 13.2 Å². The summed E-state index contributed by atoms with van der Waals surface area (Å²) in [5.41, 5.74) is 0. The molecule has 0 bridgehead atoms. The number of carbonyl (C=O) groups excluding carboxylic acids is 1. The summed E-state index contributed by atoms with van der Waals surface area (Å²) < 4.78 is 37.3. The second-order valence-corrected chi connectivity index (χ2v) is 4.67. The van der Waals surface area contributed by atoms with Gasteiger partial charge in [-0.05, 0) is 19.0 Å². The van der Waals surface area contributed by atoms with Crippen molar-refractivity contribution in [1.82, 2.24) is 9.80 Å². The molecule has 0 saturated carbocycles. The largest absolute Gasteiger partial charge is 0.471 e. The molecule has 108 valence electrons. The van der Waals surface area contributed by atoms with E-state index in [1.807, 2.05) is 18.7 Å². The van der Waals surface area contributed by atoms with E-state index in [1.54, 1.807) is 13.8 Å². The molecule has 1 amide bonds. The standard InChI is InChI=1S/C12H23F3N2O/c1-5-16(6-2)7-8-17(9-10(3)4)11(18)12(13,14)15/h10H,5-9H2,1-4H3. The smallest absolute Gasteiger partial charge is 0.333 e. The van der Waals surface area contributed by atoms with Crippen LogP contribution in [0, 0.1) is 5.92 Å². The number of nitrogens with zero attached hydrogens (tertiary/aromatic N) is 2. The van der Waals surface area contributed by atoms with E-state index in [2.05, 4.69) is 0 Å². The lowest BCUT2D eigenvalue weighted by atomic mass is 10.2. The topological polar surface area (TPSA) is 23.6 Å². The van der Waals surface area contributed by atoms with Crippen LogP contribution in [0.4, 0.5) is 13.2 Å². The highest BCUT2D eigenvalue weighted by Crippen LogP contribution is 2.19. The summed E-state index contributed by atoms with van der Waals surface area (Å²) in [7, 11) is 0. The lowest BCUT2D eigenvalue weighted by molar-refractivity contribution is -0.186. The monoisotopic (exact) mass is 268 g/mol. The van der Waals surface area contributed by atoms with Crippen LogP contribution in [0.2, 0.25) is 0 Å². The maximum Gasteiger partial charge on any atom is 0.471 e. The molecule has 0 rings (SSSR count). The normalized spacial score (nSPS) is 12.3. The van der Waals surface area contributed by atoms with Crippen molar-refractivity contribution in [2.75, 3.05) is 32.7 Å². The molecule has 0 N–H and O–H groups in total. The van der Waals surface area contributed by atoms with Crippen molar-refractivity contribution < 1.29 is 18.0 Å². The van der Waals surface area contributed by atoms with Gasteiger partial charge >= 0.3 is 12.1 Å². The van der Waals surface area contributed by atoms with E-state index in [0.717, 1.165) is 18.0 Å². The highest BCUT2D eigenvalue weighted by atomic mass is 19.4. The quantitative estimate of drug-likeness (QED) is 0.707. The van der Waals surface area contributed by atoms with Gasteiger partial charge in [-0.3, -0.25) is 4.79 Å². The number of rotatable bonds is 7. The van der Waals surface area contributed by atoms with Crippen molar-refractivity contribution in [2.45, 2.75) is 33.9 Å². The molecule has 0 fully saturated rings. The van der Waals surface area contributed by atoms with Crippen LogP contribution in [0.25, 0.3) is 0 Å². The SMILES string of the molecule is CCN(CC)CCN(CC(C)C)C(=O)C(F)(F)F. The predicted molar refractivity (Wildman–Crippen MR) is 65.3 cm³/mol. The summed E-state index contributed by atoms with van der Waals surface area (Å²) >= 11 is 0. The van der Waals surface area contributed by atoms with Crippen molar-refractivity contribution in [3.63, 3.8) is 0 Å². The van der Waals surface area contributed by atoms with Crippen LogP contribution in [0.5, 0.6) is 0 Å². The molecule has 0 aromatic carbocycles. The summed E-state index contributed by atoms with van der Waals surface area (Å²) in [5.74, 6) is -1.71. The highest BCUT2D eigenvalue weighted by molar-refractivity contribution is 5.81. The first kappa shape index (κ1) is 17.2. The first-order valence-corrected chi connectivity index (χ1v) is 6.30. The number of hydrogen-bond donors (Lipinski definition) is 0. The van der Waals surface area contributed by atoms with E-state index in [-0.39, 0.29) is 19.0 Å². The number of alkyl halides is 3. The fourth-order valence-corrected chi connectivity index (χ4v) is 1.70. The molecule has 0 aliphatic carbocycles. The molecule has 18 heavy (non-hydrogen) atoms. The zero-order valence-corrected chi connectivity index (χ0v) is 11.5. The molecule has 0 heterocycles. The van der Waals surface area contributed by atoms with E-state index < -0.39 is 12.1 Å². The Kier molecular flexibility index (Phi) is 7.28. The summed E-state index contributed by atoms with van der Waals surface area (Å²) in [6.07, 6.45) is -4.78. The third kappa shape index (κ3) is 6.23. The Morgan fingerprint density at radius 2 is 1.61 bits per heavy atom.